The van der Waals surface area contributed by atoms with Crippen LogP contribution in [0.15, 0.2) is 16.6 Å². The third-order valence-corrected chi connectivity index (χ3v) is 2.68. The maximum absolute atomic E-state index is 11.7. The van der Waals surface area contributed by atoms with Gasteiger partial charge in [0.1, 0.15) is 0 Å². The summed E-state index contributed by atoms with van der Waals surface area (Å²) in [6.45, 7) is 4.58. The van der Waals surface area contributed by atoms with Gasteiger partial charge in [0.25, 0.3) is 5.91 Å². The highest BCUT2D eigenvalue weighted by Gasteiger charge is 2.15. The molecule has 1 amide bonds. The maximum Gasteiger partial charge on any atom is 0.275 e. The molecule has 0 heterocycles. The standard InChI is InChI=1S/C12H16BrNO4/c1-4-17-11-9(13)6-8(7-10(11)16-3)12(15)14-18-5-2/h6-7H,4-5H2,1-3H3,(H,14,15). The lowest BCUT2D eigenvalue weighted by Gasteiger charge is -2.13. The van der Waals surface area contributed by atoms with Crippen molar-refractivity contribution in [1.29, 1.82) is 0 Å². The predicted octanol–water partition coefficient (Wildman–Crippen LogP) is 2.54. The molecule has 0 fully saturated rings. The first-order chi connectivity index (χ1) is 8.63. The van der Waals surface area contributed by atoms with Crippen molar-refractivity contribution >= 4 is 21.8 Å². The lowest BCUT2D eigenvalue weighted by Crippen LogP contribution is -2.23. The fraction of sp³-hybridized carbons (Fsp3) is 0.417. The zero-order chi connectivity index (χ0) is 13.5. The molecule has 1 rings (SSSR count). The lowest BCUT2D eigenvalue weighted by atomic mass is 10.2. The number of halogens is 1. The molecule has 0 bridgehead atoms. The summed E-state index contributed by atoms with van der Waals surface area (Å²) in [5.41, 5.74) is 2.75. The third-order valence-electron chi connectivity index (χ3n) is 2.09. The van der Waals surface area contributed by atoms with Crippen molar-refractivity contribution < 1.29 is 19.1 Å². The first-order valence-corrected chi connectivity index (χ1v) is 6.35. The Morgan fingerprint density at radius 3 is 2.61 bits per heavy atom. The van der Waals surface area contributed by atoms with Gasteiger partial charge in [0, 0.05) is 5.56 Å². The summed E-state index contributed by atoms with van der Waals surface area (Å²) >= 11 is 3.35. The molecule has 5 nitrogen and oxygen atoms in total. The molecule has 1 N–H and O–H groups in total. The van der Waals surface area contributed by atoms with E-state index in [2.05, 4.69) is 21.4 Å². The van der Waals surface area contributed by atoms with E-state index >= 15 is 0 Å². The lowest BCUT2D eigenvalue weighted by molar-refractivity contribution is 0.0364. The Hall–Kier alpha value is -1.27. The molecule has 100 valence electrons. The van der Waals surface area contributed by atoms with Crippen molar-refractivity contribution in [2.75, 3.05) is 20.3 Å². The van der Waals surface area contributed by atoms with Crippen molar-refractivity contribution in [3.8, 4) is 11.5 Å². The van der Waals surface area contributed by atoms with Gasteiger partial charge in [-0.05, 0) is 41.9 Å². The first kappa shape index (κ1) is 14.8. The number of benzene rings is 1. The van der Waals surface area contributed by atoms with Crippen LogP contribution in [0.1, 0.15) is 24.2 Å². The number of hydrogen-bond donors (Lipinski definition) is 1. The molecule has 0 unspecified atom stereocenters. The Labute approximate surface area is 114 Å². The van der Waals surface area contributed by atoms with E-state index < -0.39 is 0 Å². The van der Waals surface area contributed by atoms with Crippen molar-refractivity contribution in [1.82, 2.24) is 5.48 Å². The van der Waals surface area contributed by atoms with E-state index in [4.69, 9.17) is 14.3 Å². The van der Waals surface area contributed by atoms with Crippen LogP contribution < -0.4 is 15.0 Å². The number of hydrogen-bond acceptors (Lipinski definition) is 4. The Kier molecular flexibility index (Phi) is 5.94. The third kappa shape index (κ3) is 3.61. The molecule has 0 saturated heterocycles. The minimum atomic E-state index is -0.334. The number of carbonyl (C=O) groups is 1. The zero-order valence-corrected chi connectivity index (χ0v) is 12.2. The second-order valence-electron chi connectivity index (χ2n) is 3.29. The van der Waals surface area contributed by atoms with Gasteiger partial charge in [-0.15, -0.1) is 0 Å². The minimum Gasteiger partial charge on any atom is -0.493 e. The first-order valence-electron chi connectivity index (χ1n) is 5.56. The van der Waals surface area contributed by atoms with Crippen LogP contribution >= 0.6 is 15.9 Å². The van der Waals surface area contributed by atoms with E-state index in [1.54, 1.807) is 19.1 Å². The average Bonchev–Trinajstić information content (AvgIpc) is 2.38. The van der Waals surface area contributed by atoms with Gasteiger partial charge in [0.2, 0.25) is 0 Å². The van der Waals surface area contributed by atoms with Gasteiger partial charge >= 0.3 is 0 Å². The largest absolute Gasteiger partial charge is 0.493 e. The smallest absolute Gasteiger partial charge is 0.275 e. The Morgan fingerprint density at radius 2 is 2.06 bits per heavy atom. The summed E-state index contributed by atoms with van der Waals surface area (Å²) < 4.78 is 11.3. The van der Waals surface area contributed by atoms with Crippen molar-refractivity contribution in [2.45, 2.75) is 13.8 Å². The van der Waals surface area contributed by atoms with Crippen LogP contribution in [0.5, 0.6) is 11.5 Å². The molecule has 0 aliphatic rings. The van der Waals surface area contributed by atoms with Crippen LogP contribution in [-0.4, -0.2) is 26.2 Å². The Bertz CT molecular complexity index is 423. The van der Waals surface area contributed by atoms with Crippen molar-refractivity contribution in [3.63, 3.8) is 0 Å². The Morgan fingerprint density at radius 1 is 1.33 bits per heavy atom. The normalized spacial score (nSPS) is 10.0. The van der Waals surface area contributed by atoms with E-state index in [9.17, 15) is 4.79 Å². The van der Waals surface area contributed by atoms with Crippen LogP contribution in [0.25, 0.3) is 0 Å². The summed E-state index contributed by atoms with van der Waals surface area (Å²) in [4.78, 5) is 16.6. The maximum atomic E-state index is 11.7. The molecule has 6 heteroatoms. The number of ether oxygens (including phenoxy) is 2. The summed E-state index contributed by atoms with van der Waals surface area (Å²) in [7, 11) is 1.52. The average molecular weight is 318 g/mol. The van der Waals surface area contributed by atoms with E-state index in [-0.39, 0.29) is 5.91 Å². The molecule has 0 spiro atoms. The van der Waals surface area contributed by atoms with Gasteiger partial charge < -0.3 is 9.47 Å². The molecular formula is C12H16BrNO4. The van der Waals surface area contributed by atoms with Crippen LogP contribution in [-0.2, 0) is 4.84 Å². The van der Waals surface area contributed by atoms with E-state index in [1.165, 1.54) is 7.11 Å². The highest BCUT2D eigenvalue weighted by molar-refractivity contribution is 9.10. The molecule has 1 aromatic carbocycles. The Balaban J connectivity index is 3.02. The minimum absolute atomic E-state index is 0.334. The van der Waals surface area contributed by atoms with E-state index in [1.807, 2.05) is 6.92 Å². The fourth-order valence-electron chi connectivity index (χ4n) is 1.33. The summed E-state index contributed by atoms with van der Waals surface area (Å²) in [6, 6.07) is 3.26. The van der Waals surface area contributed by atoms with Crippen molar-refractivity contribution in [3.05, 3.63) is 22.2 Å². The summed E-state index contributed by atoms with van der Waals surface area (Å²) in [5.74, 6) is 0.736. The second kappa shape index (κ2) is 7.23. The second-order valence-corrected chi connectivity index (χ2v) is 4.14. The molecule has 0 aliphatic heterocycles. The van der Waals surface area contributed by atoms with Crippen LogP contribution in [0.3, 0.4) is 0 Å². The van der Waals surface area contributed by atoms with Gasteiger partial charge in [-0.3, -0.25) is 9.63 Å². The molecule has 0 aliphatic carbocycles. The summed E-state index contributed by atoms with van der Waals surface area (Å²) in [5, 5.41) is 0. The molecule has 0 radical (unpaired) electrons. The monoisotopic (exact) mass is 317 g/mol. The van der Waals surface area contributed by atoms with Gasteiger partial charge in [-0.2, -0.15) is 0 Å². The highest BCUT2D eigenvalue weighted by Crippen LogP contribution is 2.36. The number of rotatable bonds is 6. The zero-order valence-electron chi connectivity index (χ0n) is 10.6. The van der Waals surface area contributed by atoms with Gasteiger partial charge in [0.05, 0.1) is 24.8 Å². The number of amides is 1. The number of hydroxylamine groups is 1. The van der Waals surface area contributed by atoms with Gasteiger partial charge in [-0.25, -0.2) is 5.48 Å². The summed E-state index contributed by atoms with van der Waals surface area (Å²) in [6.07, 6.45) is 0. The molecular weight excluding hydrogens is 302 g/mol. The number of carbonyl (C=O) groups excluding carboxylic acids is 1. The molecule has 0 aromatic heterocycles. The highest BCUT2D eigenvalue weighted by atomic mass is 79.9. The number of nitrogens with one attached hydrogen (secondary N) is 1. The molecule has 0 atom stereocenters. The van der Waals surface area contributed by atoms with E-state index in [0.717, 1.165) is 0 Å². The van der Waals surface area contributed by atoms with Crippen LogP contribution in [0.4, 0.5) is 0 Å². The van der Waals surface area contributed by atoms with Gasteiger partial charge in [0.15, 0.2) is 11.5 Å². The predicted molar refractivity (Wildman–Crippen MR) is 71.0 cm³/mol. The number of methoxy groups -OCH3 is 1. The molecule has 0 saturated carbocycles. The molecule has 18 heavy (non-hydrogen) atoms. The fourth-order valence-corrected chi connectivity index (χ4v) is 1.89. The topological polar surface area (TPSA) is 56.8 Å². The molecule has 1 aromatic rings. The quantitative estimate of drug-likeness (QED) is 0.819. The van der Waals surface area contributed by atoms with Crippen LogP contribution in [0.2, 0.25) is 0 Å². The van der Waals surface area contributed by atoms with Crippen LogP contribution in [0, 0.1) is 0 Å². The van der Waals surface area contributed by atoms with E-state index in [0.29, 0.717) is 34.7 Å². The SMILES string of the molecule is CCONC(=O)c1cc(Br)c(OCC)c(OC)c1. The van der Waals surface area contributed by atoms with Gasteiger partial charge in [-0.1, -0.05) is 0 Å². The van der Waals surface area contributed by atoms with Crippen molar-refractivity contribution in [2.24, 2.45) is 0 Å².